The fraction of sp³-hybridized carbons (Fsp3) is 0.312. The van der Waals surface area contributed by atoms with Crippen LogP contribution in [0.2, 0.25) is 0 Å². The molecule has 0 amide bonds. The van der Waals surface area contributed by atoms with E-state index in [0.717, 1.165) is 17.8 Å². The Morgan fingerprint density at radius 1 is 1.32 bits per heavy atom. The molecule has 3 nitrogen and oxygen atoms in total. The Labute approximate surface area is 115 Å². The van der Waals surface area contributed by atoms with E-state index in [1.165, 1.54) is 5.57 Å². The van der Waals surface area contributed by atoms with Crippen molar-refractivity contribution in [2.45, 2.75) is 26.8 Å². The maximum Gasteiger partial charge on any atom is 0.0645 e. The van der Waals surface area contributed by atoms with Gasteiger partial charge in [0.2, 0.25) is 0 Å². The molecule has 3 heteroatoms. The van der Waals surface area contributed by atoms with Crippen LogP contribution in [0.25, 0.3) is 11.8 Å². The minimum atomic E-state index is 0.510. The summed E-state index contributed by atoms with van der Waals surface area (Å²) in [5.41, 5.74) is 3.52. The lowest BCUT2D eigenvalue weighted by atomic mass is 10.2. The van der Waals surface area contributed by atoms with Gasteiger partial charge < -0.3 is 5.32 Å². The zero-order valence-corrected chi connectivity index (χ0v) is 11.8. The van der Waals surface area contributed by atoms with E-state index in [1.807, 2.05) is 47.4 Å². The van der Waals surface area contributed by atoms with Gasteiger partial charge in [0.1, 0.15) is 0 Å². The molecule has 0 radical (unpaired) electrons. The first kappa shape index (κ1) is 13.6. The second kappa shape index (κ2) is 6.34. The van der Waals surface area contributed by atoms with Gasteiger partial charge in [-0.05, 0) is 19.1 Å². The molecule has 2 rings (SSSR count). The van der Waals surface area contributed by atoms with Crippen molar-refractivity contribution < 1.29 is 0 Å². The first-order valence-corrected chi connectivity index (χ1v) is 6.66. The summed E-state index contributed by atoms with van der Waals surface area (Å²) in [7, 11) is 0. The molecule has 0 aliphatic carbocycles. The van der Waals surface area contributed by atoms with E-state index >= 15 is 0 Å². The molecule has 0 bridgehead atoms. The molecule has 1 aromatic heterocycles. The molecule has 1 aromatic carbocycles. The normalized spacial score (nSPS) is 12.1. The van der Waals surface area contributed by atoms with Gasteiger partial charge in [0, 0.05) is 24.3 Å². The lowest BCUT2D eigenvalue weighted by molar-refractivity contribution is 0.623. The molecule has 1 N–H and O–H groups in total. The van der Waals surface area contributed by atoms with Gasteiger partial charge in [-0.3, -0.25) is 0 Å². The second-order valence-corrected chi connectivity index (χ2v) is 5.08. The zero-order chi connectivity index (χ0) is 13.7. The summed E-state index contributed by atoms with van der Waals surface area (Å²) in [5, 5.41) is 7.79. The fourth-order valence-electron chi connectivity index (χ4n) is 1.83. The van der Waals surface area contributed by atoms with Gasteiger partial charge in [-0.25, -0.2) is 4.68 Å². The van der Waals surface area contributed by atoms with E-state index in [2.05, 4.69) is 37.3 Å². The Balaban J connectivity index is 2.07. The predicted molar refractivity (Wildman–Crippen MR) is 80.4 cm³/mol. The number of aromatic nitrogens is 2. The number of para-hydroxylation sites is 1. The number of nitrogens with zero attached hydrogens (tertiary/aromatic N) is 2. The quantitative estimate of drug-likeness (QED) is 0.888. The third-order valence-corrected chi connectivity index (χ3v) is 2.83. The maximum absolute atomic E-state index is 4.39. The van der Waals surface area contributed by atoms with Crippen LogP contribution in [-0.4, -0.2) is 22.4 Å². The van der Waals surface area contributed by atoms with Gasteiger partial charge in [-0.15, -0.1) is 0 Å². The smallest absolute Gasteiger partial charge is 0.0645 e. The van der Waals surface area contributed by atoms with Gasteiger partial charge >= 0.3 is 0 Å². The fourth-order valence-corrected chi connectivity index (χ4v) is 1.83. The molecule has 0 fully saturated rings. The highest BCUT2D eigenvalue weighted by Crippen LogP contribution is 2.10. The molecule has 2 aromatic rings. The first-order valence-electron chi connectivity index (χ1n) is 6.66. The van der Waals surface area contributed by atoms with Crippen LogP contribution < -0.4 is 5.32 Å². The summed E-state index contributed by atoms with van der Waals surface area (Å²) >= 11 is 0. The molecule has 0 saturated carbocycles. The summed E-state index contributed by atoms with van der Waals surface area (Å²) < 4.78 is 1.90. The van der Waals surface area contributed by atoms with E-state index in [0.29, 0.717) is 6.04 Å². The van der Waals surface area contributed by atoms with Gasteiger partial charge in [-0.2, -0.15) is 5.10 Å². The van der Waals surface area contributed by atoms with Crippen LogP contribution in [0.15, 0.2) is 48.3 Å². The van der Waals surface area contributed by atoms with E-state index in [-0.39, 0.29) is 0 Å². The lowest BCUT2D eigenvalue weighted by Gasteiger charge is -2.07. The molecule has 0 aliphatic heterocycles. The van der Waals surface area contributed by atoms with E-state index in [9.17, 15) is 0 Å². The minimum absolute atomic E-state index is 0.510. The van der Waals surface area contributed by atoms with Crippen LogP contribution in [0.5, 0.6) is 0 Å². The Hall–Kier alpha value is -1.87. The Bertz CT molecular complexity index is 538. The monoisotopic (exact) mass is 255 g/mol. The van der Waals surface area contributed by atoms with Crippen molar-refractivity contribution in [3.8, 4) is 5.69 Å². The zero-order valence-electron chi connectivity index (χ0n) is 11.8. The minimum Gasteiger partial charge on any atom is -0.311 e. The molecule has 19 heavy (non-hydrogen) atoms. The average Bonchev–Trinajstić information content (AvgIpc) is 2.86. The van der Waals surface area contributed by atoms with Crippen molar-refractivity contribution in [1.82, 2.24) is 15.1 Å². The van der Waals surface area contributed by atoms with Crippen molar-refractivity contribution in [1.29, 1.82) is 0 Å². The Morgan fingerprint density at radius 2 is 2.05 bits per heavy atom. The van der Waals surface area contributed by atoms with Crippen LogP contribution in [-0.2, 0) is 0 Å². The molecule has 0 unspecified atom stereocenters. The molecule has 0 saturated heterocycles. The van der Waals surface area contributed by atoms with Crippen molar-refractivity contribution in [2.24, 2.45) is 0 Å². The van der Waals surface area contributed by atoms with Crippen molar-refractivity contribution in [2.75, 3.05) is 6.54 Å². The van der Waals surface area contributed by atoms with Crippen molar-refractivity contribution in [3.63, 3.8) is 0 Å². The Morgan fingerprint density at radius 3 is 2.74 bits per heavy atom. The summed E-state index contributed by atoms with van der Waals surface area (Å²) in [4.78, 5) is 0. The lowest BCUT2D eigenvalue weighted by Crippen LogP contribution is -2.24. The molecule has 1 heterocycles. The molecular formula is C16H21N3. The van der Waals surface area contributed by atoms with E-state index < -0.39 is 0 Å². The molecule has 100 valence electrons. The largest absolute Gasteiger partial charge is 0.311 e. The maximum atomic E-state index is 4.39. The standard InChI is InChI=1S/C16H21N3/c1-13(2)17-10-14(3)9-15-11-18-19(12-15)16-7-5-4-6-8-16/h4-9,11-13,17H,10H2,1-3H3. The number of benzene rings is 1. The van der Waals surface area contributed by atoms with E-state index in [4.69, 9.17) is 0 Å². The van der Waals surface area contributed by atoms with Crippen LogP contribution in [0, 0.1) is 0 Å². The van der Waals surface area contributed by atoms with Gasteiger partial charge in [0.15, 0.2) is 0 Å². The third kappa shape index (κ3) is 4.07. The average molecular weight is 255 g/mol. The number of rotatable bonds is 5. The van der Waals surface area contributed by atoms with Gasteiger partial charge in [0.05, 0.1) is 11.9 Å². The van der Waals surface area contributed by atoms with Crippen molar-refractivity contribution in [3.05, 3.63) is 53.9 Å². The molecular weight excluding hydrogens is 234 g/mol. The van der Waals surface area contributed by atoms with Crippen LogP contribution in [0.3, 0.4) is 0 Å². The highest BCUT2D eigenvalue weighted by atomic mass is 15.3. The highest BCUT2D eigenvalue weighted by Gasteiger charge is 1.99. The molecule has 0 aliphatic rings. The molecule has 0 atom stereocenters. The summed E-state index contributed by atoms with van der Waals surface area (Å²) in [5.74, 6) is 0. The van der Waals surface area contributed by atoms with Crippen molar-refractivity contribution >= 4 is 6.08 Å². The molecule has 0 spiro atoms. The Kier molecular flexibility index (Phi) is 4.53. The third-order valence-electron chi connectivity index (χ3n) is 2.83. The number of hydrogen-bond acceptors (Lipinski definition) is 2. The van der Waals surface area contributed by atoms with Gasteiger partial charge in [-0.1, -0.05) is 43.7 Å². The second-order valence-electron chi connectivity index (χ2n) is 5.08. The topological polar surface area (TPSA) is 29.9 Å². The van der Waals surface area contributed by atoms with Crippen LogP contribution >= 0.6 is 0 Å². The van der Waals surface area contributed by atoms with Crippen LogP contribution in [0.4, 0.5) is 0 Å². The van der Waals surface area contributed by atoms with Crippen LogP contribution in [0.1, 0.15) is 26.3 Å². The van der Waals surface area contributed by atoms with E-state index in [1.54, 1.807) is 0 Å². The SMILES string of the molecule is CC(=Cc1cnn(-c2ccccc2)c1)CNC(C)C. The summed E-state index contributed by atoms with van der Waals surface area (Å²) in [6, 6.07) is 10.7. The first-order chi connectivity index (χ1) is 9.15. The number of hydrogen-bond donors (Lipinski definition) is 1. The highest BCUT2D eigenvalue weighted by molar-refractivity contribution is 5.51. The predicted octanol–water partition coefficient (Wildman–Crippen LogP) is 3.27. The van der Waals surface area contributed by atoms with Gasteiger partial charge in [0.25, 0.3) is 0 Å². The summed E-state index contributed by atoms with van der Waals surface area (Å²) in [6.45, 7) is 7.35. The number of nitrogens with one attached hydrogen (secondary N) is 1. The summed E-state index contributed by atoms with van der Waals surface area (Å²) in [6.07, 6.45) is 6.11.